The third-order valence-corrected chi connectivity index (χ3v) is 4.82. The van der Waals surface area contributed by atoms with E-state index in [1.807, 2.05) is 18.2 Å². The normalized spacial score (nSPS) is 24.3. The Morgan fingerprint density at radius 2 is 2.04 bits per heavy atom. The molecule has 24 heavy (non-hydrogen) atoms. The maximum Gasteiger partial charge on any atom is 0.291 e. The molecule has 6 heteroatoms. The average Bonchev–Trinajstić information content (AvgIpc) is 2.61. The standard InChI is InChI=1S/C18H23N5O/c1-13-2-3-15-16(10-13)21-17(11-20-15)22-18-19-7-4-14-5-8-23(9-6-14)12-24-18/h2-3,10-11,14H,4-9,12H2,1H3,(H,19,21,22). The molecule has 126 valence electrons. The second-order valence-electron chi connectivity index (χ2n) is 6.68. The Bertz CT molecular complexity index is 752. The third-order valence-electron chi connectivity index (χ3n) is 4.82. The van der Waals surface area contributed by atoms with E-state index >= 15 is 0 Å². The van der Waals surface area contributed by atoms with Crippen LogP contribution in [0, 0.1) is 12.8 Å². The molecule has 3 aliphatic heterocycles. The van der Waals surface area contributed by atoms with Gasteiger partial charge in [-0.3, -0.25) is 15.2 Å². The lowest BCUT2D eigenvalue weighted by molar-refractivity contribution is 0.0761. The molecular weight excluding hydrogens is 302 g/mol. The van der Waals surface area contributed by atoms with Crippen molar-refractivity contribution < 1.29 is 4.74 Å². The molecule has 0 radical (unpaired) electrons. The van der Waals surface area contributed by atoms with Crippen molar-refractivity contribution in [3.63, 3.8) is 0 Å². The molecule has 1 fully saturated rings. The Hall–Kier alpha value is -2.21. The number of fused-ring (bicyclic) bond motifs is 7. The van der Waals surface area contributed by atoms with Gasteiger partial charge in [-0.2, -0.15) is 0 Å². The first-order chi connectivity index (χ1) is 11.8. The Morgan fingerprint density at radius 3 is 2.92 bits per heavy atom. The van der Waals surface area contributed by atoms with E-state index in [2.05, 4.69) is 32.1 Å². The highest BCUT2D eigenvalue weighted by Crippen LogP contribution is 2.21. The number of rotatable bonds is 1. The summed E-state index contributed by atoms with van der Waals surface area (Å²) in [5.41, 5.74) is 2.94. The maximum atomic E-state index is 5.88. The summed E-state index contributed by atoms with van der Waals surface area (Å²) in [5, 5.41) is 3.20. The maximum absolute atomic E-state index is 5.88. The zero-order chi connectivity index (χ0) is 16.4. The van der Waals surface area contributed by atoms with Crippen LogP contribution in [0.15, 0.2) is 29.4 Å². The summed E-state index contributed by atoms with van der Waals surface area (Å²) >= 11 is 0. The van der Waals surface area contributed by atoms with E-state index in [1.54, 1.807) is 6.20 Å². The van der Waals surface area contributed by atoms with Crippen molar-refractivity contribution in [2.75, 3.05) is 31.7 Å². The fourth-order valence-corrected chi connectivity index (χ4v) is 3.32. The first kappa shape index (κ1) is 15.3. The van der Waals surface area contributed by atoms with Gasteiger partial charge in [0.25, 0.3) is 6.02 Å². The van der Waals surface area contributed by atoms with E-state index in [1.165, 1.54) is 18.4 Å². The van der Waals surface area contributed by atoms with Gasteiger partial charge in [-0.15, -0.1) is 0 Å². The lowest BCUT2D eigenvalue weighted by atomic mass is 9.94. The minimum atomic E-state index is 0.545. The predicted octanol–water partition coefficient (Wildman–Crippen LogP) is 2.80. The quantitative estimate of drug-likeness (QED) is 0.873. The molecule has 2 aromatic rings. The third kappa shape index (κ3) is 3.48. The number of anilines is 1. The van der Waals surface area contributed by atoms with E-state index in [4.69, 9.17) is 4.74 Å². The molecular formula is C18H23N5O. The van der Waals surface area contributed by atoms with Gasteiger partial charge in [0.1, 0.15) is 6.73 Å². The van der Waals surface area contributed by atoms with Gasteiger partial charge in [-0.25, -0.2) is 9.98 Å². The molecule has 1 saturated heterocycles. The zero-order valence-electron chi connectivity index (χ0n) is 14.0. The van der Waals surface area contributed by atoms with Gasteiger partial charge >= 0.3 is 0 Å². The highest BCUT2D eigenvalue weighted by molar-refractivity contribution is 5.89. The fraction of sp³-hybridized carbons (Fsp3) is 0.500. The fourth-order valence-electron chi connectivity index (χ4n) is 3.32. The lowest BCUT2D eigenvalue weighted by Gasteiger charge is -2.32. The first-order valence-corrected chi connectivity index (χ1v) is 8.66. The van der Waals surface area contributed by atoms with Crippen LogP contribution in [-0.4, -0.2) is 47.3 Å². The van der Waals surface area contributed by atoms with E-state index in [0.29, 0.717) is 18.6 Å². The molecule has 6 nitrogen and oxygen atoms in total. The molecule has 2 bridgehead atoms. The van der Waals surface area contributed by atoms with Crippen LogP contribution >= 0.6 is 0 Å². The Labute approximate surface area is 142 Å². The number of piperidine rings is 1. The van der Waals surface area contributed by atoms with Crippen molar-refractivity contribution >= 4 is 22.9 Å². The lowest BCUT2D eigenvalue weighted by Crippen LogP contribution is -2.38. The number of amidine groups is 1. The Morgan fingerprint density at radius 1 is 1.17 bits per heavy atom. The molecule has 1 aromatic carbocycles. The first-order valence-electron chi connectivity index (χ1n) is 8.66. The van der Waals surface area contributed by atoms with E-state index in [-0.39, 0.29) is 0 Å². The largest absolute Gasteiger partial charge is 0.449 e. The number of benzene rings is 1. The van der Waals surface area contributed by atoms with Gasteiger partial charge in [0, 0.05) is 19.6 Å². The monoisotopic (exact) mass is 325 g/mol. The molecule has 0 aliphatic carbocycles. The summed E-state index contributed by atoms with van der Waals surface area (Å²) in [5.74, 6) is 1.47. The van der Waals surface area contributed by atoms with Crippen LogP contribution in [-0.2, 0) is 4.74 Å². The topological polar surface area (TPSA) is 62.6 Å². The van der Waals surface area contributed by atoms with Crippen molar-refractivity contribution in [1.82, 2.24) is 14.9 Å². The molecule has 0 atom stereocenters. The van der Waals surface area contributed by atoms with Gasteiger partial charge < -0.3 is 4.74 Å². The number of aliphatic imine (C=N–C) groups is 1. The second kappa shape index (κ2) is 6.73. The summed E-state index contributed by atoms with van der Waals surface area (Å²) in [6, 6.07) is 6.61. The van der Waals surface area contributed by atoms with E-state index in [9.17, 15) is 0 Å². The molecule has 0 spiro atoms. The van der Waals surface area contributed by atoms with Crippen LogP contribution < -0.4 is 5.32 Å². The Kier molecular flexibility index (Phi) is 4.30. The predicted molar refractivity (Wildman–Crippen MR) is 95.1 cm³/mol. The summed E-state index contributed by atoms with van der Waals surface area (Å²) in [6.07, 6.45) is 5.38. The number of aromatic nitrogens is 2. The molecule has 4 heterocycles. The number of hydrogen-bond donors (Lipinski definition) is 1. The van der Waals surface area contributed by atoms with E-state index < -0.39 is 0 Å². The van der Waals surface area contributed by atoms with Gasteiger partial charge in [0.05, 0.1) is 17.2 Å². The van der Waals surface area contributed by atoms with Gasteiger partial charge in [-0.05, 0) is 49.8 Å². The number of hydrogen-bond acceptors (Lipinski definition) is 6. The smallest absolute Gasteiger partial charge is 0.291 e. The van der Waals surface area contributed by atoms with Crippen LogP contribution in [0.2, 0.25) is 0 Å². The van der Waals surface area contributed by atoms with Crippen molar-refractivity contribution in [1.29, 1.82) is 0 Å². The van der Waals surface area contributed by atoms with Crippen molar-refractivity contribution in [2.45, 2.75) is 26.2 Å². The molecule has 0 amide bonds. The van der Waals surface area contributed by atoms with Crippen molar-refractivity contribution in [3.8, 4) is 0 Å². The summed E-state index contributed by atoms with van der Waals surface area (Å²) < 4.78 is 5.88. The van der Waals surface area contributed by atoms with Crippen molar-refractivity contribution in [2.24, 2.45) is 10.9 Å². The van der Waals surface area contributed by atoms with Gasteiger partial charge in [0.15, 0.2) is 5.82 Å². The molecule has 1 aromatic heterocycles. The molecule has 1 N–H and O–H groups in total. The van der Waals surface area contributed by atoms with Crippen LogP contribution in [0.5, 0.6) is 0 Å². The van der Waals surface area contributed by atoms with Crippen LogP contribution in [0.1, 0.15) is 24.8 Å². The van der Waals surface area contributed by atoms with Gasteiger partial charge in [-0.1, -0.05) is 6.07 Å². The molecule has 5 rings (SSSR count). The zero-order valence-corrected chi connectivity index (χ0v) is 14.0. The summed E-state index contributed by atoms with van der Waals surface area (Å²) in [4.78, 5) is 16.0. The van der Waals surface area contributed by atoms with Crippen LogP contribution in [0.4, 0.5) is 5.82 Å². The number of nitrogens with zero attached hydrogens (tertiary/aromatic N) is 4. The van der Waals surface area contributed by atoms with Gasteiger partial charge in [0.2, 0.25) is 0 Å². The van der Waals surface area contributed by atoms with Crippen LogP contribution in [0.3, 0.4) is 0 Å². The highest BCUT2D eigenvalue weighted by atomic mass is 16.5. The Balaban J connectivity index is 1.52. The average molecular weight is 325 g/mol. The van der Waals surface area contributed by atoms with Crippen LogP contribution in [0.25, 0.3) is 11.0 Å². The van der Waals surface area contributed by atoms with E-state index in [0.717, 1.165) is 43.0 Å². The highest BCUT2D eigenvalue weighted by Gasteiger charge is 2.21. The minimum Gasteiger partial charge on any atom is -0.449 e. The summed E-state index contributed by atoms with van der Waals surface area (Å²) in [7, 11) is 0. The summed E-state index contributed by atoms with van der Waals surface area (Å²) in [6.45, 7) is 5.67. The number of aryl methyl sites for hydroxylation is 1. The SMILES string of the molecule is Cc1ccc2ncc(NC3=NCCC4CCN(CC4)CO3)nc2c1. The molecule has 0 saturated carbocycles. The number of nitrogens with one attached hydrogen (secondary N) is 1. The molecule has 3 aliphatic rings. The van der Waals surface area contributed by atoms with Crippen molar-refractivity contribution in [3.05, 3.63) is 30.0 Å². The number of ether oxygens (including phenoxy) is 1. The second-order valence-corrected chi connectivity index (χ2v) is 6.68. The minimum absolute atomic E-state index is 0.545. The molecule has 0 unspecified atom stereocenters.